The molecule has 3 rings (SSSR count). The average molecular weight is 350 g/mol. The maximum atomic E-state index is 12.4. The zero-order chi connectivity index (χ0) is 17.2. The molecule has 1 amide bonds. The van der Waals surface area contributed by atoms with Gasteiger partial charge in [0.15, 0.2) is 6.61 Å². The monoisotopic (exact) mass is 350 g/mol. The van der Waals surface area contributed by atoms with Crippen molar-refractivity contribution in [2.45, 2.75) is 18.2 Å². The second-order valence-corrected chi connectivity index (χ2v) is 7.05. The first kappa shape index (κ1) is 16.5. The van der Waals surface area contributed by atoms with Gasteiger partial charge in [-0.3, -0.25) is 4.79 Å². The number of amides is 1. The number of likely N-dealkylation sites (N-methyl/N-ethyl adjacent to an activating group) is 1. The maximum Gasteiger partial charge on any atom is 0.265 e. The van der Waals surface area contributed by atoms with Crippen LogP contribution in [0.15, 0.2) is 45.9 Å². The van der Waals surface area contributed by atoms with Gasteiger partial charge < -0.3 is 14.1 Å². The fraction of sp³-hybridized carbons (Fsp3) is 0.312. The lowest BCUT2D eigenvalue weighted by atomic mass is 10.2. The third-order valence-corrected chi connectivity index (χ3v) is 5.20. The molecule has 128 valence electrons. The minimum atomic E-state index is -3.68. The lowest BCUT2D eigenvalue weighted by molar-refractivity contribution is -0.121. The standard InChI is InChI=1S/C16H18N2O5S/c1-2-18-14-10-13(5-6-15(14)23-11-16(18)19)24(20,21)17-8-7-12-4-3-9-22-12/h3-6,9-10,17H,2,7-8,11H2,1H3. The Labute approximate surface area is 140 Å². The van der Waals surface area contributed by atoms with E-state index in [0.717, 1.165) is 0 Å². The van der Waals surface area contributed by atoms with Crippen LogP contribution in [0.3, 0.4) is 0 Å². The van der Waals surface area contributed by atoms with Crippen LogP contribution in [0.25, 0.3) is 0 Å². The smallest absolute Gasteiger partial charge is 0.265 e. The second-order valence-electron chi connectivity index (χ2n) is 5.28. The summed E-state index contributed by atoms with van der Waals surface area (Å²) in [7, 11) is -3.68. The number of fused-ring (bicyclic) bond motifs is 1. The van der Waals surface area contributed by atoms with E-state index in [1.807, 2.05) is 6.92 Å². The molecule has 1 N–H and O–H groups in total. The summed E-state index contributed by atoms with van der Waals surface area (Å²) in [5.41, 5.74) is 0.475. The Balaban J connectivity index is 1.78. The average Bonchev–Trinajstić information content (AvgIpc) is 3.07. The van der Waals surface area contributed by atoms with E-state index in [2.05, 4.69) is 4.72 Å². The molecule has 0 fully saturated rings. The van der Waals surface area contributed by atoms with Gasteiger partial charge in [0.2, 0.25) is 10.0 Å². The van der Waals surface area contributed by atoms with Crippen molar-refractivity contribution in [2.75, 3.05) is 24.6 Å². The van der Waals surface area contributed by atoms with E-state index in [1.165, 1.54) is 17.0 Å². The molecule has 1 aliphatic rings. The topological polar surface area (TPSA) is 88.8 Å². The van der Waals surface area contributed by atoms with Gasteiger partial charge in [0, 0.05) is 19.5 Å². The minimum absolute atomic E-state index is 0.0334. The van der Waals surface area contributed by atoms with Crippen LogP contribution in [0.2, 0.25) is 0 Å². The molecule has 0 atom stereocenters. The van der Waals surface area contributed by atoms with Gasteiger partial charge in [-0.2, -0.15) is 0 Å². The van der Waals surface area contributed by atoms with E-state index in [9.17, 15) is 13.2 Å². The normalized spacial score (nSPS) is 14.4. The molecule has 0 aliphatic carbocycles. The van der Waals surface area contributed by atoms with Crippen molar-refractivity contribution in [3.8, 4) is 5.75 Å². The highest BCUT2D eigenvalue weighted by atomic mass is 32.2. The second kappa shape index (κ2) is 6.66. The Kier molecular flexibility index (Phi) is 4.59. The molecule has 1 aromatic heterocycles. The molecule has 0 bridgehead atoms. The minimum Gasteiger partial charge on any atom is -0.482 e. The number of rotatable bonds is 6. The molecule has 0 unspecified atom stereocenters. The number of carbonyl (C=O) groups excluding carboxylic acids is 1. The molecule has 2 heterocycles. The van der Waals surface area contributed by atoms with Crippen molar-refractivity contribution >= 4 is 21.6 Å². The van der Waals surface area contributed by atoms with Crippen molar-refractivity contribution in [2.24, 2.45) is 0 Å². The fourth-order valence-electron chi connectivity index (χ4n) is 2.54. The first-order valence-corrected chi connectivity index (χ1v) is 9.09. The van der Waals surface area contributed by atoms with Crippen molar-refractivity contribution in [3.63, 3.8) is 0 Å². The summed E-state index contributed by atoms with van der Waals surface area (Å²) >= 11 is 0. The van der Waals surface area contributed by atoms with Crippen molar-refractivity contribution in [1.82, 2.24) is 4.72 Å². The first-order valence-electron chi connectivity index (χ1n) is 7.60. The predicted octanol–water partition coefficient (Wildman–Crippen LogP) is 1.55. The molecule has 0 saturated heterocycles. The number of nitrogens with zero attached hydrogens (tertiary/aromatic N) is 1. The molecule has 2 aromatic rings. The van der Waals surface area contributed by atoms with E-state index in [0.29, 0.717) is 30.2 Å². The number of hydrogen-bond acceptors (Lipinski definition) is 5. The zero-order valence-corrected chi connectivity index (χ0v) is 14.0. The Hall–Kier alpha value is -2.32. The summed E-state index contributed by atoms with van der Waals surface area (Å²) < 4.78 is 37.9. The number of sulfonamides is 1. The van der Waals surface area contributed by atoms with E-state index in [4.69, 9.17) is 9.15 Å². The maximum absolute atomic E-state index is 12.4. The molecule has 0 spiro atoms. The van der Waals surface area contributed by atoms with Gasteiger partial charge in [-0.1, -0.05) is 0 Å². The highest BCUT2D eigenvalue weighted by Crippen LogP contribution is 2.33. The van der Waals surface area contributed by atoms with Crippen molar-refractivity contribution in [1.29, 1.82) is 0 Å². The molecular weight excluding hydrogens is 332 g/mol. The highest BCUT2D eigenvalue weighted by molar-refractivity contribution is 7.89. The van der Waals surface area contributed by atoms with Crippen LogP contribution in [0.1, 0.15) is 12.7 Å². The fourth-order valence-corrected chi connectivity index (χ4v) is 3.59. The van der Waals surface area contributed by atoms with Crippen LogP contribution in [0, 0.1) is 0 Å². The van der Waals surface area contributed by atoms with Gasteiger partial charge in [0.25, 0.3) is 5.91 Å². The molecule has 24 heavy (non-hydrogen) atoms. The molecule has 0 saturated carbocycles. The lowest BCUT2D eigenvalue weighted by Gasteiger charge is -2.28. The van der Waals surface area contributed by atoms with Gasteiger partial charge >= 0.3 is 0 Å². The number of ether oxygens (including phenoxy) is 1. The summed E-state index contributed by atoms with van der Waals surface area (Å²) in [5.74, 6) is 1.02. The van der Waals surface area contributed by atoms with Gasteiger partial charge in [-0.25, -0.2) is 13.1 Å². The first-order chi connectivity index (χ1) is 11.5. The number of hydrogen-bond donors (Lipinski definition) is 1. The van der Waals surface area contributed by atoms with E-state index in [-0.39, 0.29) is 24.0 Å². The van der Waals surface area contributed by atoms with Crippen LogP contribution >= 0.6 is 0 Å². The lowest BCUT2D eigenvalue weighted by Crippen LogP contribution is -2.38. The van der Waals surface area contributed by atoms with Gasteiger partial charge in [-0.05, 0) is 37.3 Å². The van der Waals surface area contributed by atoms with Gasteiger partial charge in [0.1, 0.15) is 11.5 Å². The molecule has 1 aliphatic heterocycles. The molecule has 8 heteroatoms. The highest BCUT2D eigenvalue weighted by Gasteiger charge is 2.26. The summed E-state index contributed by atoms with van der Waals surface area (Å²) in [5, 5.41) is 0. The number of carbonyl (C=O) groups is 1. The largest absolute Gasteiger partial charge is 0.482 e. The third kappa shape index (κ3) is 3.29. The van der Waals surface area contributed by atoms with Crippen LogP contribution in [-0.2, 0) is 21.2 Å². The Morgan fingerprint density at radius 2 is 2.12 bits per heavy atom. The summed E-state index contributed by atoms with van der Waals surface area (Å²) in [6.45, 7) is 2.47. The van der Waals surface area contributed by atoms with Crippen LogP contribution in [0.4, 0.5) is 5.69 Å². The molecular formula is C16H18N2O5S. The summed E-state index contributed by atoms with van der Waals surface area (Å²) in [4.78, 5) is 13.5. The van der Waals surface area contributed by atoms with Gasteiger partial charge in [0.05, 0.1) is 16.8 Å². The number of nitrogens with one attached hydrogen (secondary N) is 1. The molecule has 1 aromatic carbocycles. The number of benzene rings is 1. The zero-order valence-electron chi connectivity index (χ0n) is 13.2. The van der Waals surface area contributed by atoms with Crippen LogP contribution < -0.4 is 14.4 Å². The van der Waals surface area contributed by atoms with E-state index >= 15 is 0 Å². The summed E-state index contributed by atoms with van der Waals surface area (Å²) in [6.07, 6.45) is 2.00. The Morgan fingerprint density at radius 1 is 1.29 bits per heavy atom. The van der Waals surface area contributed by atoms with Gasteiger partial charge in [-0.15, -0.1) is 0 Å². The van der Waals surface area contributed by atoms with E-state index < -0.39 is 10.0 Å². The van der Waals surface area contributed by atoms with Crippen molar-refractivity contribution < 1.29 is 22.4 Å². The summed E-state index contributed by atoms with van der Waals surface area (Å²) in [6, 6.07) is 8.05. The van der Waals surface area contributed by atoms with E-state index in [1.54, 1.807) is 24.5 Å². The molecule has 0 radical (unpaired) electrons. The third-order valence-electron chi connectivity index (χ3n) is 3.74. The predicted molar refractivity (Wildman–Crippen MR) is 87.6 cm³/mol. The Morgan fingerprint density at radius 3 is 2.83 bits per heavy atom. The number of anilines is 1. The SMILES string of the molecule is CCN1C(=O)COc2ccc(S(=O)(=O)NCCc3ccco3)cc21. The Bertz CT molecular complexity index is 830. The van der Waals surface area contributed by atoms with Crippen LogP contribution in [0.5, 0.6) is 5.75 Å². The molecule has 7 nitrogen and oxygen atoms in total. The number of furan rings is 1. The van der Waals surface area contributed by atoms with Crippen LogP contribution in [-0.4, -0.2) is 34.0 Å². The van der Waals surface area contributed by atoms with Crippen molar-refractivity contribution in [3.05, 3.63) is 42.4 Å². The quantitative estimate of drug-likeness (QED) is 0.854.